The van der Waals surface area contributed by atoms with Crippen LogP contribution in [0.3, 0.4) is 0 Å². The van der Waals surface area contributed by atoms with Gasteiger partial charge in [-0.1, -0.05) is 11.3 Å². The van der Waals surface area contributed by atoms with Gasteiger partial charge >= 0.3 is 4.87 Å². The normalized spacial score (nSPS) is 16.2. The molecule has 0 saturated carbocycles. The van der Waals surface area contributed by atoms with Gasteiger partial charge in [-0.3, -0.25) is 14.7 Å². The van der Waals surface area contributed by atoms with Crippen molar-refractivity contribution < 1.29 is 9.84 Å². The zero-order chi connectivity index (χ0) is 25.2. The number of hydrogen-bond acceptors (Lipinski definition) is 10. The first-order valence-corrected chi connectivity index (χ1v) is 13.6. The van der Waals surface area contributed by atoms with Gasteiger partial charge in [0.2, 0.25) is 11.8 Å². The number of nitrogens with one attached hydrogen (secondary N) is 2. The van der Waals surface area contributed by atoms with E-state index in [0.29, 0.717) is 23.3 Å². The lowest BCUT2D eigenvalue weighted by Crippen LogP contribution is -2.25. The van der Waals surface area contributed by atoms with Crippen molar-refractivity contribution >= 4 is 58.5 Å². The lowest BCUT2D eigenvalue weighted by atomic mass is 10.3. The zero-order valence-electron chi connectivity index (χ0n) is 19.8. The molecule has 9 nitrogen and oxygen atoms in total. The van der Waals surface area contributed by atoms with E-state index in [9.17, 15) is 9.90 Å². The van der Waals surface area contributed by atoms with Crippen LogP contribution in [-0.2, 0) is 0 Å². The Labute approximate surface area is 219 Å². The molecule has 6 rings (SSSR count). The maximum atomic E-state index is 11.5. The summed E-state index contributed by atoms with van der Waals surface area (Å²) in [7, 11) is 0. The summed E-state index contributed by atoms with van der Waals surface area (Å²) >= 11 is 2.47. The third kappa shape index (κ3) is 5.33. The molecule has 37 heavy (non-hydrogen) atoms. The molecule has 0 unspecified atom stereocenters. The lowest BCUT2D eigenvalue weighted by Gasteiger charge is -2.15. The Morgan fingerprint density at radius 1 is 1.11 bits per heavy atom. The first-order valence-electron chi connectivity index (χ1n) is 12.0. The van der Waals surface area contributed by atoms with E-state index in [0.717, 1.165) is 49.0 Å². The highest BCUT2D eigenvalue weighted by molar-refractivity contribution is 7.11. The second-order valence-corrected chi connectivity index (χ2v) is 10.8. The van der Waals surface area contributed by atoms with Crippen LogP contribution >= 0.6 is 22.7 Å². The summed E-state index contributed by atoms with van der Waals surface area (Å²) in [4.78, 5) is 30.3. The van der Waals surface area contributed by atoms with E-state index in [1.165, 1.54) is 37.3 Å². The minimum Gasteiger partial charge on any atom is -0.493 e. The number of aromatic nitrogens is 3. The Morgan fingerprint density at radius 3 is 2.73 bits per heavy atom. The standard InChI is InChI=1S/C26H24N6O3S2/c33-24-21(37-26(34)31-24)15-18-7-8-20(36-18)22-19-9-10-27-23(19)30-25(29-22)28-16-3-5-17(6-4-16)35-14-13-32-11-1-2-12-32/h3-10,15,33H,1-2,11-14H2,(H,28,29)(H,31,34). The molecule has 188 valence electrons. The Hall–Kier alpha value is -3.80. The molecule has 0 radical (unpaired) electrons. The predicted octanol–water partition coefficient (Wildman–Crippen LogP) is 2.82. The highest BCUT2D eigenvalue weighted by Gasteiger charge is 2.11. The van der Waals surface area contributed by atoms with Gasteiger partial charge in [-0.25, -0.2) is 9.98 Å². The van der Waals surface area contributed by atoms with Gasteiger partial charge < -0.3 is 15.2 Å². The van der Waals surface area contributed by atoms with Crippen LogP contribution in [0.2, 0.25) is 0 Å². The summed E-state index contributed by atoms with van der Waals surface area (Å²) in [5.41, 5.74) is 0.849. The summed E-state index contributed by atoms with van der Waals surface area (Å²) in [6.45, 7) is 3.97. The molecule has 2 aliphatic heterocycles. The van der Waals surface area contributed by atoms with E-state index >= 15 is 0 Å². The van der Waals surface area contributed by atoms with Gasteiger partial charge in [-0.15, -0.1) is 11.3 Å². The fourth-order valence-corrected chi connectivity index (χ4v) is 6.03. The Kier molecular flexibility index (Phi) is 6.56. The first kappa shape index (κ1) is 23.6. The highest BCUT2D eigenvalue weighted by Crippen LogP contribution is 2.20. The number of aliphatic imine (C=N–C) groups is 1. The molecule has 1 aromatic carbocycles. The van der Waals surface area contributed by atoms with Crippen LogP contribution in [0.15, 0.2) is 46.2 Å². The van der Waals surface area contributed by atoms with Crippen molar-refractivity contribution in [2.75, 3.05) is 31.6 Å². The molecular weight excluding hydrogens is 508 g/mol. The van der Waals surface area contributed by atoms with Crippen LogP contribution in [0.1, 0.15) is 17.7 Å². The van der Waals surface area contributed by atoms with Crippen LogP contribution in [-0.4, -0.2) is 57.4 Å². The number of ether oxygens (including phenoxy) is 1. The third-order valence-corrected chi connectivity index (χ3v) is 8.00. The number of thiazole rings is 1. The number of H-pyrrole nitrogens is 1. The highest BCUT2D eigenvalue weighted by atomic mass is 32.1. The van der Waals surface area contributed by atoms with Gasteiger partial charge in [-0.2, -0.15) is 4.98 Å². The molecule has 1 saturated heterocycles. The SMILES string of the molecule is O=c1[nH]c(O)c(C=c2ccc(=c3nc(Nc4ccc(OCCN5CCCC5)cc4)nc4c3=CC=N4)s2)s1. The van der Waals surface area contributed by atoms with E-state index in [1.807, 2.05) is 42.5 Å². The number of anilines is 2. The molecule has 0 atom stereocenters. The van der Waals surface area contributed by atoms with Crippen molar-refractivity contribution in [3.05, 3.63) is 70.6 Å². The number of nitrogens with zero attached hydrogens (tertiary/aromatic N) is 4. The first-order chi connectivity index (χ1) is 18.1. The number of benzene rings is 1. The molecule has 0 amide bonds. The number of rotatable bonds is 7. The maximum absolute atomic E-state index is 11.5. The lowest BCUT2D eigenvalue weighted by molar-refractivity contribution is 0.238. The zero-order valence-corrected chi connectivity index (χ0v) is 21.4. The van der Waals surface area contributed by atoms with E-state index in [1.54, 1.807) is 12.3 Å². The van der Waals surface area contributed by atoms with E-state index in [-0.39, 0.29) is 10.8 Å². The number of aromatic amines is 1. The third-order valence-electron chi connectivity index (χ3n) is 6.14. The molecule has 5 heterocycles. The van der Waals surface area contributed by atoms with Crippen LogP contribution in [0, 0.1) is 9.88 Å². The molecule has 11 heteroatoms. The minimum atomic E-state index is -0.293. The summed E-state index contributed by atoms with van der Waals surface area (Å²) in [6, 6.07) is 11.7. The molecular formula is C26H24N6O3S2. The van der Waals surface area contributed by atoms with Crippen LogP contribution in [0.25, 0.3) is 12.2 Å². The van der Waals surface area contributed by atoms with Crippen molar-refractivity contribution in [2.24, 2.45) is 4.99 Å². The van der Waals surface area contributed by atoms with Gasteiger partial charge in [0.05, 0.1) is 14.8 Å². The summed E-state index contributed by atoms with van der Waals surface area (Å²) < 4.78 is 7.72. The number of likely N-dealkylation sites (tertiary alicyclic amines) is 1. The average Bonchev–Trinajstić information content (AvgIpc) is 3.69. The summed E-state index contributed by atoms with van der Waals surface area (Å²) in [5, 5.41) is 14.8. The monoisotopic (exact) mass is 532 g/mol. The van der Waals surface area contributed by atoms with E-state index in [2.05, 4.69) is 25.2 Å². The quantitative estimate of drug-likeness (QED) is 0.335. The van der Waals surface area contributed by atoms with E-state index in [4.69, 9.17) is 9.72 Å². The number of aromatic hydroxyl groups is 1. The molecule has 1 fully saturated rings. The molecule has 2 aliphatic rings. The van der Waals surface area contributed by atoms with Crippen molar-refractivity contribution in [3.63, 3.8) is 0 Å². The maximum Gasteiger partial charge on any atom is 0.307 e. The fraction of sp³-hybridized carbons (Fsp3) is 0.231. The topological polar surface area (TPSA) is 116 Å². The fourth-order valence-electron chi connectivity index (χ4n) is 4.31. The van der Waals surface area contributed by atoms with Crippen molar-refractivity contribution in [1.29, 1.82) is 0 Å². The van der Waals surface area contributed by atoms with Crippen LogP contribution in [0.4, 0.5) is 17.5 Å². The smallest absolute Gasteiger partial charge is 0.307 e. The predicted molar refractivity (Wildman–Crippen MR) is 147 cm³/mol. The number of hydrogen-bond donors (Lipinski definition) is 3. The molecule has 0 aliphatic carbocycles. The van der Waals surface area contributed by atoms with Crippen LogP contribution in [0.5, 0.6) is 11.6 Å². The number of thiophene rings is 1. The second-order valence-electron chi connectivity index (χ2n) is 8.70. The minimum absolute atomic E-state index is 0.121. The van der Waals surface area contributed by atoms with Gasteiger partial charge in [0.25, 0.3) is 0 Å². The Bertz CT molecular complexity index is 1730. The Balaban J connectivity index is 1.25. The average molecular weight is 533 g/mol. The Morgan fingerprint density at radius 2 is 1.95 bits per heavy atom. The summed E-state index contributed by atoms with van der Waals surface area (Å²) in [5.74, 6) is 1.77. The molecule has 0 bridgehead atoms. The van der Waals surface area contributed by atoms with E-state index < -0.39 is 0 Å². The molecule has 0 spiro atoms. The van der Waals surface area contributed by atoms with Gasteiger partial charge in [0.1, 0.15) is 12.4 Å². The second kappa shape index (κ2) is 10.3. The van der Waals surface area contributed by atoms with Crippen molar-refractivity contribution in [2.45, 2.75) is 12.8 Å². The van der Waals surface area contributed by atoms with Gasteiger partial charge in [-0.05, 0) is 74.5 Å². The van der Waals surface area contributed by atoms with Crippen molar-refractivity contribution in [1.82, 2.24) is 19.9 Å². The number of fused-ring (bicyclic) bond motifs is 1. The summed E-state index contributed by atoms with van der Waals surface area (Å²) in [6.07, 6.45) is 7.96. The van der Waals surface area contributed by atoms with Gasteiger partial charge in [0.15, 0.2) is 5.82 Å². The largest absolute Gasteiger partial charge is 0.493 e. The molecule has 4 aromatic rings. The van der Waals surface area contributed by atoms with Crippen LogP contribution < -0.4 is 24.7 Å². The van der Waals surface area contributed by atoms with Crippen molar-refractivity contribution in [3.8, 4) is 11.6 Å². The molecule has 3 N–H and O–H groups in total. The van der Waals surface area contributed by atoms with Gasteiger partial charge in [0, 0.05) is 28.2 Å². The molecule has 3 aromatic heterocycles.